The Labute approximate surface area is 235 Å². The first-order valence-corrected chi connectivity index (χ1v) is 15.2. The molecule has 0 bridgehead atoms. The third-order valence-corrected chi connectivity index (χ3v) is 8.39. The molecule has 0 heterocycles. The minimum atomic E-state index is -3.55. The Bertz CT molecular complexity index is 1380. The predicted molar refractivity (Wildman–Crippen MR) is 152 cm³/mol. The second-order valence-corrected chi connectivity index (χ2v) is 11.9. The minimum absolute atomic E-state index is 0.0196. The van der Waals surface area contributed by atoms with Gasteiger partial charge in [0.05, 0.1) is 4.90 Å². The summed E-state index contributed by atoms with van der Waals surface area (Å²) in [7, 11) is -3.55. The number of unbranched alkanes of at least 4 members (excludes halogenated alkanes) is 1. The average molecular weight is 566 g/mol. The first kappa shape index (κ1) is 29.4. The number of sulfonamides is 1. The SMILES string of the molecule is CCCCNC(=O)[C@H](c1ccccc1)N(Cc1ccc(F)cc1)C(=O)CCc1ccc(S(=O)(=O)NC2CC2)cc1. The van der Waals surface area contributed by atoms with Crippen LogP contribution in [-0.2, 0) is 32.6 Å². The molecule has 0 saturated heterocycles. The average Bonchev–Trinajstić information content (AvgIpc) is 3.77. The van der Waals surface area contributed by atoms with E-state index in [2.05, 4.69) is 10.0 Å². The summed E-state index contributed by atoms with van der Waals surface area (Å²) in [4.78, 5) is 29.0. The molecule has 2 amide bonds. The highest BCUT2D eigenvalue weighted by molar-refractivity contribution is 7.89. The summed E-state index contributed by atoms with van der Waals surface area (Å²) in [5, 5.41) is 2.97. The molecule has 0 unspecified atom stereocenters. The van der Waals surface area contributed by atoms with Crippen molar-refractivity contribution < 1.29 is 22.4 Å². The molecule has 0 spiro atoms. The van der Waals surface area contributed by atoms with Crippen LogP contribution in [0.3, 0.4) is 0 Å². The maximum atomic E-state index is 13.8. The number of halogens is 1. The molecule has 1 aliphatic rings. The van der Waals surface area contributed by atoms with Gasteiger partial charge in [-0.15, -0.1) is 0 Å². The number of hydrogen-bond acceptors (Lipinski definition) is 4. The Morgan fingerprint density at radius 1 is 0.950 bits per heavy atom. The molecule has 1 fully saturated rings. The van der Waals surface area contributed by atoms with Crippen molar-refractivity contribution in [2.24, 2.45) is 0 Å². The molecule has 40 heavy (non-hydrogen) atoms. The monoisotopic (exact) mass is 565 g/mol. The van der Waals surface area contributed by atoms with Gasteiger partial charge in [-0.05, 0) is 66.6 Å². The van der Waals surface area contributed by atoms with Gasteiger partial charge in [0.2, 0.25) is 21.8 Å². The van der Waals surface area contributed by atoms with E-state index in [1.165, 1.54) is 12.1 Å². The fourth-order valence-electron chi connectivity index (χ4n) is 4.42. The topological polar surface area (TPSA) is 95.6 Å². The number of nitrogens with one attached hydrogen (secondary N) is 2. The van der Waals surface area contributed by atoms with Gasteiger partial charge in [-0.3, -0.25) is 9.59 Å². The summed E-state index contributed by atoms with van der Waals surface area (Å²) in [6.45, 7) is 2.67. The van der Waals surface area contributed by atoms with E-state index in [1.54, 1.807) is 41.3 Å². The van der Waals surface area contributed by atoms with Gasteiger partial charge in [-0.1, -0.05) is 67.9 Å². The van der Waals surface area contributed by atoms with Gasteiger partial charge in [0, 0.05) is 25.6 Å². The Hall–Kier alpha value is -3.56. The zero-order valence-corrected chi connectivity index (χ0v) is 23.5. The quantitative estimate of drug-likeness (QED) is 0.272. The summed E-state index contributed by atoms with van der Waals surface area (Å²) >= 11 is 0. The summed E-state index contributed by atoms with van der Waals surface area (Å²) in [6.07, 6.45) is 3.93. The van der Waals surface area contributed by atoms with E-state index in [-0.39, 0.29) is 41.5 Å². The second kappa shape index (κ2) is 13.7. The Kier molecular flexibility index (Phi) is 10.1. The number of rotatable bonds is 14. The van der Waals surface area contributed by atoms with Gasteiger partial charge in [-0.2, -0.15) is 0 Å². The van der Waals surface area contributed by atoms with Crippen molar-refractivity contribution in [1.82, 2.24) is 14.9 Å². The third-order valence-electron chi connectivity index (χ3n) is 6.85. The minimum Gasteiger partial charge on any atom is -0.354 e. The van der Waals surface area contributed by atoms with Crippen molar-refractivity contribution in [2.75, 3.05) is 6.54 Å². The lowest BCUT2D eigenvalue weighted by Gasteiger charge is -2.32. The van der Waals surface area contributed by atoms with E-state index < -0.39 is 16.1 Å². The lowest BCUT2D eigenvalue weighted by atomic mass is 10.0. The molecular weight excluding hydrogens is 529 g/mol. The van der Waals surface area contributed by atoms with E-state index in [9.17, 15) is 22.4 Å². The standard InChI is InChI=1S/C31H36FN3O4S/c1-2-3-21-33-31(37)30(25-7-5-4-6-8-25)35(22-24-9-14-26(32)15-10-24)29(36)20-13-23-11-18-28(19-12-23)40(38,39)34-27-16-17-27/h4-12,14-15,18-19,27,30,34H,2-3,13,16-17,20-22H2,1H3,(H,33,37)/t30-/m0/s1. The number of aryl methyl sites for hydroxylation is 1. The van der Waals surface area contributed by atoms with Crippen molar-refractivity contribution in [1.29, 1.82) is 0 Å². The van der Waals surface area contributed by atoms with Crippen molar-refractivity contribution in [3.63, 3.8) is 0 Å². The van der Waals surface area contributed by atoms with Crippen LogP contribution in [0.2, 0.25) is 0 Å². The van der Waals surface area contributed by atoms with Gasteiger partial charge < -0.3 is 10.2 Å². The largest absolute Gasteiger partial charge is 0.354 e. The number of hydrogen-bond donors (Lipinski definition) is 2. The maximum Gasteiger partial charge on any atom is 0.247 e. The summed E-state index contributed by atoms with van der Waals surface area (Å²) < 4.78 is 41.2. The molecule has 0 radical (unpaired) electrons. The lowest BCUT2D eigenvalue weighted by Crippen LogP contribution is -2.43. The molecule has 3 aromatic rings. The van der Waals surface area contributed by atoms with Crippen LogP contribution < -0.4 is 10.0 Å². The molecular formula is C31H36FN3O4S. The van der Waals surface area contributed by atoms with Crippen LogP contribution in [0.15, 0.2) is 83.8 Å². The van der Waals surface area contributed by atoms with Crippen LogP contribution >= 0.6 is 0 Å². The van der Waals surface area contributed by atoms with Crippen LogP contribution in [0.5, 0.6) is 0 Å². The first-order chi connectivity index (χ1) is 19.3. The fraction of sp³-hybridized carbons (Fsp3) is 0.355. The van der Waals surface area contributed by atoms with Gasteiger partial charge >= 0.3 is 0 Å². The third kappa shape index (κ3) is 8.22. The fourth-order valence-corrected chi connectivity index (χ4v) is 5.73. The predicted octanol–water partition coefficient (Wildman–Crippen LogP) is 4.89. The lowest BCUT2D eigenvalue weighted by molar-refractivity contribution is -0.141. The Morgan fingerprint density at radius 2 is 1.60 bits per heavy atom. The molecule has 3 aromatic carbocycles. The van der Waals surface area contributed by atoms with Gasteiger partial charge in [0.1, 0.15) is 11.9 Å². The van der Waals surface area contributed by atoms with Crippen molar-refractivity contribution >= 4 is 21.8 Å². The number of benzene rings is 3. The van der Waals surface area contributed by atoms with E-state index >= 15 is 0 Å². The number of amides is 2. The molecule has 4 rings (SSSR count). The van der Waals surface area contributed by atoms with Gasteiger partial charge in [-0.25, -0.2) is 17.5 Å². The molecule has 212 valence electrons. The number of carbonyl (C=O) groups is 2. The normalized spacial score (nSPS) is 13.9. The van der Waals surface area contributed by atoms with Crippen LogP contribution in [0.4, 0.5) is 4.39 Å². The zero-order chi connectivity index (χ0) is 28.5. The highest BCUT2D eigenvalue weighted by Crippen LogP contribution is 2.26. The summed E-state index contributed by atoms with van der Waals surface area (Å²) in [6, 6.07) is 20.7. The smallest absolute Gasteiger partial charge is 0.247 e. The summed E-state index contributed by atoms with van der Waals surface area (Å²) in [5.41, 5.74) is 2.20. The molecule has 0 aliphatic heterocycles. The van der Waals surface area contributed by atoms with E-state index in [1.807, 2.05) is 37.3 Å². The molecule has 9 heteroatoms. The van der Waals surface area contributed by atoms with Crippen molar-refractivity contribution in [3.8, 4) is 0 Å². The molecule has 1 aliphatic carbocycles. The zero-order valence-electron chi connectivity index (χ0n) is 22.7. The van der Waals surface area contributed by atoms with Gasteiger partial charge in [0.15, 0.2) is 0 Å². The van der Waals surface area contributed by atoms with Crippen LogP contribution in [0, 0.1) is 5.82 Å². The van der Waals surface area contributed by atoms with E-state index in [0.29, 0.717) is 24.1 Å². The summed E-state index contributed by atoms with van der Waals surface area (Å²) in [5.74, 6) is -0.889. The Balaban J connectivity index is 1.54. The van der Waals surface area contributed by atoms with E-state index in [0.717, 1.165) is 31.2 Å². The van der Waals surface area contributed by atoms with Crippen LogP contribution in [-0.4, -0.2) is 37.7 Å². The van der Waals surface area contributed by atoms with Crippen molar-refractivity contribution in [3.05, 3.63) is 101 Å². The molecule has 1 saturated carbocycles. The number of carbonyl (C=O) groups excluding carboxylic acids is 2. The van der Waals surface area contributed by atoms with Crippen LogP contribution in [0.25, 0.3) is 0 Å². The second-order valence-electron chi connectivity index (χ2n) is 10.1. The molecule has 0 aromatic heterocycles. The Morgan fingerprint density at radius 3 is 2.23 bits per heavy atom. The van der Waals surface area contributed by atoms with E-state index in [4.69, 9.17) is 0 Å². The first-order valence-electron chi connectivity index (χ1n) is 13.7. The van der Waals surface area contributed by atoms with Crippen molar-refractivity contribution in [2.45, 2.75) is 69.0 Å². The maximum absolute atomic E-state index is 13.8. The molecule has 2 N–H and O–H groups in total. The number of nitrogens with zero attached hydrogens (tertiary/aromatic N) is 1. The molecule has 1 atom stereocenters. The highest BCUT2D eigenvalue weighted by atomic mass is 32.2. The van der Waals surface area contributed by atoms with Crippen LogP contribution in [0.1, 0.15) is 61.8 Å². The van der Waals surface area contributed by atoms with Gasteiger partial charge in [0.25, 0.3) is 0 Å². The molecule has 7 nitrogen and oxygen atoms in total. The highest BCUT2D eigenvalue weighted by Gasteiger charge is 2.31.